The number of rotatable bonds is 6. The number of allylic oxidation sites excluding steroid dienone is 1. The maximum atomic E-state index is 13.6. The highest BCUT2D eigenvalue weighted by atomic mass is 32.2. The number of hydrogen-bond acceptors (Lipinski definition) is 6. The summed E-state index contributed by atoms with van der Waals surface area (Å²) in [4.78, 5) is 33.0. The van der Waals surface area contributed by atoms with Gasteiger partial charge in [0.2, 0.25) is 5.91 Å². The van der Waals surface area contributed by atoms with Crippen molar-refractivity contribution in [2.75, 3.05) is 30.0 Å². The molecule has 0 spiro atoms. The highest BCUT2D eigenvalue weighted by Crippen LogP contribution is 2.40. The molecule has 8 heteroatoms. The molecule has 36 heavy (non-hydrogen) atoms. The van der Waals surface area contributed by atoms with Gasteiger partial charge in [-0.1, -0.05) is 44.7 Å². The molecule has 1 atom stereocenters. The van der Waals surface area contributed by atoms with Crippen molar-refractivity contribution < 1.29 is 14.3 Å². The first-order valence-electron chi connectivity index (χ1n) is 12.2. The molecule has 0 aliphatic carbocycles. The number of carbonyl (C=O) groups excluding carboxylic acids is 2. The summed E-state index contributed by atoms with van der Waals surface area (Å²) in [5.74, 6) is 1.56. The van der Waals surface area contributed by atoms with Crippen molar-refractivity contribution in [3.05, 3.63) is 65.4 Å². The first kappa shape index (κ1) is 25.8. The average molecular weight is 507 g/mol. The Balaban J connectivity index is 1.61. The lowest BCUT2D eigenvalue weighted by molar-refractivity contribution is -0.118. The van der Waals surface area contributed by atoms with Gasteiger partial charge in [-0.25, -0.2) is 4.99 Å². The Morgan fingerprint density at radius 3 is 2.33 bits per heavy atom. The molecule has 2 aliphatic heterocycles. The van der Waals surface area contributed by atoms with Gasteiger partial charge < -0.3 is 20.3 Å². The zero-order valence-corrected chi connectivity index (χ0v) is 22.4. The van der Waals surface area contributed by atoms with Crippen molar-refractivity contribution in [3.63, 3.8) is 0 Å². The van der Waals surface area contributed by atoms with Crippen LogP contribution < -0.4 is 15.4 Å². The largest absolute Gasteiger partial charge is 0.497 e. The Morgan fingerprint density at radius 2 is 1.69 bits per heavy atom. The maximum Gasteiger partial charge on any atom is 0.255 e. The van der Waals surface area contributed by atoms with Crippen molar-refractivity contribution in [3.8, 4) is 5.75 Å². The van der Waals surface area contributed by atoms with E-state index in [0.29, 0.717) is 23.4 Å². The van der Waals surface area contributed by atoms with Crippen molar-refractivity contribution in [1.82, 2.24) is 4.90 Å². The summed E-state index contributed by atoms with van der Waals surface area (Å²) in [7, 11) is 1.61. The van der Waals surface area contributed by atoms with Gasteiger partial charge in [0.1, 0.15) is 5.75 Å². The third kappa shape index (κ3) is 6.10. The van der Waals surface area contributed by atoms with Crippen LogP contribution in [0, 0.1) is 5.41 Å². The van der Waals surface area contributed by atoms with Gasteiger partial charge in [0.15, 0.2) is 5.17 Å². The molecule has 1 unspecified atom stereocenters. The number of thioether (sulfide) groups is 1. The number of ether oxygens (including phenoxy) is 1. The number of nitrogens with zero attached hydrogens (tertiary/aromatic N) is 2. The van der Waals surface area contributed by atoms with Crippen LogP contribution in [0.25, 0.3) is 0 Å². The van der Waals surface area contributed by atoms with Crippen molar-refractivity contribution in [2.45, 2.75) is 46.6 Å². The number of amidine groups is 1. The molecule has 0 saturated carbocycles. The molecule has 0 bridgehead atoms. The van der Waals surface area contributed by atoms with Crippen LogP contribution in [0.3, 0.4) is 0 Å². The van der Waals surface area contributed by atoms with Crippen molar-refractivity contribution in [1.29, 1.82) is 0 Å². The number of methoxy groups -OCH3 is 1. The number of benzene rings is 2. The molecule has 190 valence electrons. The van der Waals surface area contributed by atoms with Crippen LogP contribution >= 0.6 is 11.8 Å². The number of aliphatic imine (C=N–C) groups is 1. The van der Waals surface area contributed by atoms with E-state index in [1.165, 1.54) is 0 Å². The van der Waals surface area contributed by atoms with Gasteiger partial charge >= 0.3 is 0 Å². The Bertz CT molecular complexity index is 1180. The second kappa shape index (κ2) is 10.8. The van der Waals surface area contributed by atoms with E-state index in [9.17, 15) is 9.59 Å². The van der Waals surface area contributed by atoms with Crippen LogP contribution in [-0.4, -0.2) is 41.3 Å². The van der Waals surface area contributed by atoms with Crippen LogP contribution in [0.2, 0.25) is 0 Å². The summed E-state index contributed by atoms with van der Waals surface area (Å²) >= 11 is 1.73. The summed E-state index contributed by atoms with van der Waals surface area (Å²) in [6.45, 7) is 8.86. The van der Waals surface area contributed by atoms with Gasteiger partial charge in [-0.05, 0) is 60.7 Å². The van der Waals surface area contributed by atoms with Gasteiger partial charge in [-0.3, -0.25) is 9.59 Å². The first-order valence-corrected chi connectivity index (χ1v) is 13.2. The zero-order chi connectivity index (χ0) is 25.9. The van der Waals surface area contributed by atoms with E-state index in [1.54, 1.807) is 18.9 Å². The van der Waals surface area contributed by atoms with E-state index in [-0.39, 0.29) is 23.3 Å². The highest BCUT2D eigenvalue weighted by molar-refractivity contribution is 8.13. The monoisotopic (exact) mass is 506 g/mol. The molecule has 2 heterocycles. The zero-order valence-electron chi connectivity index (χ0n) is 21.6. The van der Waals surface area contributed by atoms with E-state index in [4.69, 9.17) is 9.73 Å². The fourth-order valence-corrected chi connectivity index (χ4v) is 5.43. The molecule has 0 aromatic heterocycles. The summed E-state index contributed by atoms with van der Waals surface area (Å²) in [5, 5.41) is 6.97. The minimum Gasteiger partial charge on any atom is -0.497 e. The van der Waals surface area contributed by atoms with E-state index >= 15 is 0 Å². The summed E-state index contributed by atoms with van der Waals surface area (Å²) in [5.41, 5.74) is 3.69. The van der Waals surface area contributed by atoms with Crippen molar-refractivity contribution >= 4 is 40.1 Å². The number of fused-ring (bicyclic) bond motifs is 1. The van der Waals surface area contributed by atoms with Crippen LogP contribution in [-0.2, 0) is 9.59 Å². The standard InChI is InChI=1S/C28H34N4O3S/c1-18-24(26(34)31-21-11-13-22(35-5)14-12-21)25(32-15-6-16-36-27(32)29-18)19-7-9-20(10-8-19)30-23(33)17-28(2,3)4/h7-14,25H,6,15-17H2,1-5H3,(H,30,33)(H,31,34). The lowest BCUT2D eigenvalue weighted by atomic mass is 9.91. The Morgan fingerprint density at radius 1 is 1.06 bits per heavy atom. The first-order chi connectivity index (χ1) is 17.1. The Hall–Kier alpha value is -3.26. The quantitative estimate of drug-likeness (QED) is 0.515. The summed E-state index contributed by atoms with van der Waals surface area (Å²) in [6, 6.07) is 14.8. The molecule has 1 fully saturated rings. The van der Waals surface area contributed by atoms with E-state index in [0.717, 1.165) is 40.9 Å². The predicted molar refractivity (Wildman–Crippen MR) is 147 cm³/mol. The molecule has 0 radical (unpaired) electrons. The van der Waals surface area contributed by atoms with Gasteiger partial charge in [-0.15, -0.1) is 0 Å². The fraction of sp³-hybridized carbons (Fsp3) is 0.393. The van der Waals surface area contributed by atoms with E-state index in [2.05, 4.69) is 15.5 Å². The minimum absolute atomic E-state index is 0.00920. The average Bonchev–Trinajstić information content (AvgIpc) is 2.83. The van der Waals surface area contributed by atoms with Gasteiger partial charge in [0.05, 0.1) is 24.4 Å². The summed E-state index contributed by atoms with van der Waals surface area (Å²) < 4.78 is 5.22. The summed E-state index contributed by atoms with van der Waals surface area (Å²) in [6.07, 6.45) is 1.47. The molecule has 1 saturated heterocycles. The second-order valence-electron chi connectivity index (χ2n) is 10.3. The lowest BCUT2D eigenvalue weighted by Gasteiger charge is -2.41. The SMILES string of the molecule is COc1ccc(NC(=O)C2=C(C)N=C3SCCCN3C2c2ccc(NC(=O)CC(C)(C)C)cc2)cc1. The van der Waals surface area contributed by atoms with Crippen LogP contribution in [0.15, 0.2) is 64.8 Å². The van der Waals surface area contributed by atoms with Crippen LogP contribution in [0.1, 0.15) is 52.1 Å². The molecule has 2 aliphatic rings. The molecule has 7 nitrogen and oxygen atoms in total. The van der Waals surface area contributed by atoms with Gasteiger partial charge in [0.25, 0.3) is 5.91 Å². The van der Waals surface area contributed by atoms with Gasteiger partial charge in [0, 0.05) is 30.1 Å². The minimum atomic E-state index is -0.261. The molecular formula is C28H34N4O3S. The molecule has 4 rings (SSSR count). The normalized spacial score (nSPS) is 17.8. The third-order valence-corrected chi connectivity index (χ3v) is 7.13. The van der Waals surface area contributed by atoms with Crippen LogP contribution in [0.5, 0.6) is 5.75 Å². The lowest BCUT2D eigenvalue weighted by Crippen LogP contribution is -2.43. The molecule has 2 aromatic rings. The highest BCUT2D eigenvalue weighted by Gasteiger charge is 2.37. The molecular weight excluding hydrogens is 472 g/mol. The number of nitrogens with one attached hydrogen (secondary N) is 2. The Labute approximate surface area is 217 Å². The number of hydrogen-bond donors (Lipinski definition) is 2. The van der Waals surface area contributed by atoms with Crippen LogP contribution in [0.4, 0.5) is 11.4 Å². The van der Waals surface area contributed by atoms with E-state index in [1.807, 2.05) is 76.2 Å². The topological polar surface area (TPSA) is 83.0 Å². The van der Waals surface area contributed by atoms with Gasteiger partial charge in [-0.2, -0.15) is 0 Å². The molecule has 2 aromatic carbocycles. The molecule has 2 N–H and O–H groups in total. The Kier molecular flexibility index (Phi) is 7.73. The fourth-order valence-electron chi connectivity index (χ4n) is 4.41. The smallest absolute Gasteiger partial charge is 0.255 e. The van der Waals surface area contributed by atoms with E-state index < -0.39 is 0 Å². The number of anilines is 2. The predicted octanol–water partition coefficient (Wildman–Crippen LogP) is 5.83. The number of carbonyl (C=O) groups is 2. The van der Waals surface area contributed by atoms with Crippen molar-refractivity contribution in [2.24, 2.45) is 10.4 Å². The third-order valence-electron chi connectivity index (χ3n) is 6.05. The maximum absolute atomic E-state index is 13.6. The molecule has 2 amide bonds. The number of amides is 2. The second-order valence-corrected chi connectivity index (χ2v) is 11.3.